The molecular weight excluding hydrogens is 498 g/mol. The molecule has 0 unspecified atom stereocenters. The molecule has 0 N–H and O–H groups in total. The topological polar surface area (TPSA) is 89.0 Å². The van der Waals surface area contributed by atoms with Gasteiger partial charge in [-0.05, 0) is 36.4 Å². The molecule has 1 amide bonds. The number of benzene rings is 2. The zero-order valence-corrected chi connectivity index (χ0v) is 21.5. The molecule has 184 valence electrons. The lowest BCUT2D eigenvalue weighted by molar-refractivity contribution is 0.0391. The van der Waals surface area contributed by atoms with Crippen LogP contribution in [0, 0.1) is 0 Å². The summed E-state index contributed by atoms with van der Waals surface area (Å²) < 4.78 is 36.0. The summed E-state index contributed by atoms with van der Waals surface area (Å²) in [6.45, 7) is 5.76. The Balaban J connectivity index is 0.00000324. The Morgan fingerprint density at radius 1 is 1.18 bits per heavy atom. The fourth-order valence-corrected chi connectivity index (χ4v) is 5.47. The first-order valence-corrected chi connectivity index (χ1v) is 13.3. The van der Waals surface area contributed by atoms with Crippen LogP contribution < -0.4 is 9.64 Å². The van der Waals surface area contributed by atoms with E-state index in [0.29, 0.717) is 42.7 Å². The summed E-state index contributed by atoms with van der Waals surface area (Å²) in [4.78, 5) is 22.4. The monoisotopic (exact) mass is 525 g/mol. The van der Waals surface area contributed by atoms with E-state index in [9.17, 15) is 13.2 Å². The maximum Gasteiger partial charge on any atom is 0.260 e. The van der Waals surface area contributed by atoms with E-state index in [-0.39, 0.29) is 29.0 Å². The van der Waals surface area contributed by atoms with Crippen molar-refractivity contribution < 1.29 is 22.7 Å². The lowest BCUT2D eigenvalue weighted by atomic mass is 10.2. The van der Waals surface area contributed by atoms with Crippen LogP contribution in [0.5, 0.6) is 5.75 Å². The smallest absolute Gasteiger partial charge is 0.260 e. The van der Waals surface area contributed by atoms with Gasteiger partial charge in [0, 0.05) is 37.8 Å². The number of carbonyl (C=O) groups is 1. The van der Waals surface area contributed by atoms with E-state index in [1.807, 2.05) is 18.2 Å². The molecule has 0 aliphatic carbocycles. The van der Waals surface area contributed by atoms with E-state index in [0.717, 1.165) is 23.3 Å². The summed E-state index contributed by atoms with van der Waals surface area (Å²) in [6, 6.07) is 11.8. The Morgan fingerprint density at radius 2 is 1.88 bits per heavy atom. The Hall–Kier alpha value is -2.24. The van der Waals surface area contributed by atoms with Gasteiger partial charge >= 0.3 is 0 Å². The molecule has 8 nitrogen and oxygen atoms in total. The van der Waals surface area contributed by atoms with E-state index in [2.05, 4.69) is 4.90 Å². The third-order valence-electron chi connectivity index (χ3n) is 5.64. The summed E-state index contributed by atoms with van der Waals surface area (Å²) in [6.07, 6.45) is 0. The van der Waals surface area contributed by atoms with Gasteiger partial charge in [-0.15, -0.1) is 12.4 Å². The highest BCUT2D eigenvalue weighted by Gasteiger charge is 2.23. The SMILES string of the molecule is CCS(=O)(=O)c1ccc(C(=O)N(CCN2CCOCC2)c2nc3cc(OC)ccc3s2)cc1.Cl. The van der Waals surface area contributed by atoms with Gasteiger partial charge in [0.25, 0.3) is 5.91 Å². The number of morpholine rings is 1. The average molecular weight is 526 g/mol. The van der Waals surface area contributed by atoms with Gasteiger partial charge in [-0.1, -0.05) is 18.3 Å². The van der Waals surface area contributed by atoms with E-state index in [1.54, 1.807) is 31.1 Å². The minimum Gasteiger partial charge on any atom is -0.497 e. The first-order chi connectivity index (χ1) is 15.9. The molecule has 0 saturated carbocycles. The van der Waals surface area contributed by atoms with Crippen LogP contribution in [-0.4, -0.2) is 76.5 Å². The fraction of sp³-hybridized carbons (Fsp3) is 0.391. The van der Waals surface area contributed by atoms with Gasteiger partial charge in [0.1, 0.15) is 5.75 Å². The molecule has 2 heterocycles. The van der Waals surface area contributed by atoms with Crippen LogP contribution in [0.3, 0.4) is 0 Å². The number of anilines is 1. The predicted octanol–water partition coefficient (Wildman–Crippen LogP) is 3.50. The van der Waals surface area contributed by atoms with Gasteiger partial charge < -0.3 is 9.47 Å². The zero-order valence-electron chi connectivity index (χ0n) is 19.1. The number of nitrogens with zero attached hydrogens (tertiary/aromatic N) is 3. The van der Waals surface area contributed by atoms with E-state index in [4.69, 9.17) is 14.5 Å². The maximum atomic E-state index is 13.5. The van der Waals surface area contributed by atoms with Gasteiger partial charge in [0.05, 0.1) is 41.2 Å². The first kappa shape index (κ1) is 26.4. The van der Waals surface area contributed by atoms with Gasteiger partial charge in [-0.3, -0.25) is 14.6 Å². The summed E-state index contributed by atoms with van der Waals surface area (Å²) in [7, 11) is -1.72. The molecule has 0 radical (unpaired) electrons. The first-order valence-electron chi connectivity index (χ1n) is 10.8. The van der Waals surface area contributed by atoms with Crippen molar-refractivity contribution in [1.82, 2.24) is 9.88 Å². The van der Waals surface area contributed by atoms with E-state index >= 15 is 0 Å². The number of amides is 1. The van der Waals surface area contributed by atoms with Crippen molar-refractivity contribution in [3.05, 3.63) is 48.0 Å². The second-order valence-corrected chi connectivity index (χ2v) is 11.0. The summed E-state index contributed by atoms with van der Waals surface area (Å²) >= 11 is 1.44. The van der Waals surface area contributed by atoms with E-state index in [1.165, 1.54) is 23.5 Å². The number of carbonyl (C=O) groups excluding carboxylic acids is 1. The minimum atomic E-state index is -3.33. The normalized spacial score (nSPS) is 14.5. The molecule has 0 bridgehead atoms. The number of halogens is 1. The van der Waals surface area contributed by atoms with Crippen LogP contribution in [0.25, 0.3) is 10.2 Å². The van der Waals surface area contributed by atoms with Gasteiger partial charge in [0.2, 0.25) is 0 Å². The van der Waals surface area contributed by atoms with Crippen LogP contribution >= 0.6 is 23.7 Å². The fourth-order valence-electron chi connectivity index (χ4n) is 3.62. The highest BCUT2D eigenvalue weighted by Crippen LogP contribution is 2.32. The van der Waals surface area contributed by atoms with Crippen LogP contribution in [0.1, 0.15) is 17.3 Å². The lowest BCUT2D eigenvalue weighted by Crippen LogP contribution is -2.43. The van der Waals surface area contributed by atoms with Crippen molar-refractivity contribution in [3.63, 3.8) is 0 Å². The van der Waals surface area contributed by atoms with Crippen molar-refractivity contribution in [2.75, 3.05) is 57.2 Å². The number of hydrogen-bond acceptors (Lipinski definition) is 8. The number of ether oxygens (including phenoxy) is 2. The second kappa shape index (κ2) is 11.5. The molecule has 1 aliphatic rings. The van der Waals surface area contributed by atoms with Crippen molar-refractivity contribution in [3.8, 4) is 5.75 Å². The van der Waals surface area contributed by atoms with Crippen LogP contribution in [0.2, 0.25) is 0 Å². The van der Waals surface area contributed by atoms with Crippen molar-refractivity contribution in [2.24, 2.45) is 0 Å². The van der Waals surface area contributed by atoms with Crippen LogP contribution in [0.4, 0.5) is 5.13 Å². The van der Waals surface area contributed by atoms with Crippen LogP contribution in [0.15, 0.2) is 47.4 Å². The molecule has 34 heavy (non-hydrogen) atoms. The Morgan fingerprint density at radius 3 is 2.53 bits per heavy atom. The molecule has 3 aromatic rings. The quantitative estimate of drug-likeness (QED) is 0.444. The number of fused-ring (bicyclic) bond motifs is 1. The predicted molar refractivity (Wildman–Crippen MR) is 137 cm³/mol. The highest BCUT2D eigenvalue weighted by molar-refractivity contribution is 7.91. The minimum absolute atomic E-state index is 0. The molecule has 0 atom stereocenters. The molecule has 4 rings (SSSR count). The third kappa shape index (κ3) is 5.87. The number of hydrogen-bond donors (Lipinski definition) is 0. The Labute approximate surface area is 209 Å². The maximum absolute atomic E-state index is 13.5. The number of aromatic nitrogens is 1. The molecule has 0 spiro atoms. The van der Waals surface area contributed by atoms with Gasteiger partial charge in [-0.25, -0.2) is 13.4 Å². The molecule has 1 saturated heterocycles. The standard InChI is InChI=1S/C23H27N3O5S2.ClH/c1-3-33(28,29)19-7-4-17(5-8-19)22(27)26(11-10-25-12-14-31-15-13-25)23-24-20-16-18(30-2)6-9-21(20)32-23;/h4-9,16H,3,10-15H2,1-2H3;1H. The summed E-state index contributed by atoms with van der Waals surface area (Å²) in [5, 5.41) is 0.599. The van der Waals surface area contributed by atoms with Gasteiger partial charge in [0.15, 0.2) is 15.0 Å². The molecule has 2 aromatic carbocycles. The van der Waals surface area contributed by atoms with E-state index < -0.39 is 9.84 Å². The molecule has 1 aromatic heterocycles. The molecule has 1 aliphatic heterocycles. The largest absolute Gasteiger partial charge is 0.497 e. The Bertz CT molecular complexity index is 1230. The third-order valence-corrected chi connectivity index (χ3v) is 8.45. The molecule has 1 fully saturated rings. The van der Waals surface area contributed by atoms with Crippen molar-refractivity contribution in [1.29, 1.82) is 0 Å². The van der Waals surface area contributed by atoms with Gasteiger partial charge in [-0.2, -0.15) is 0 Å². The zero-order chi connectivity index (χ0) is 23.4. The molecular formula is C23H28ClN3O5S2. The second-order valence-electron chi connectivity index (χ2n) is 7.67. The number of thiazole rings is 1. The number of methoxy groups -OCH3 is 1. The van der Waals surface area contributed by atoms with Crippen LogP contribution in [-0.2, 0) is 14.6 Å². The number of sulfone groups is 1. The lowest BCUT2D eigenvalue weighted by Gasteiger charge is -2.29. The molecule has 11 heteroatoms. The number of rotatable bonds is 8. The summed E-state index contributed by atoms with van der Waals surface area (Å²) in [5.41, 5.74) is 1.19. The van der Waals surface area contributed by atoms with Crippen molar-refractivity contribution in [2.45, 2.75) is 11.8 Å². The Kier molecular flexibility index (Phi) is 8.89. The summed E-state index contributed by atoms with van der Waals surface area (Å²) in [5.74, 6) is 0.509. The van der Waals surface area contributed by atoms with Crippen molar-refractivity contribution >= 4 is 54.8 Å². The average Bonchev–Trinajstić information content (AvgIpc) is 3.27. The highest BCUT2D eigenvalue weighted by atomic mass is 35.5.